The fraction of sp³-hybridized carbons (Fsp3) is 0.0667. The zero-order chi connectivity index (χ0) is 15.0. The van der Waals surface area contributed by atoms with E-state index in [1.54, 1.807) is 10.9 Å². The van der Waals surface area contributed by atoms with Crippen molar-refractivity contribution in [2.45, 2.75) is 6.92 Å². The smallest absolute Gasteiger partial charge is 0.176 e. The van der Waals surface area contributed by atoms with Crippen LogP contribution >= 0.6 is 11.6 Å². The lowest BCUT2D eigenvalue weighted by atomic mass is 10.2. The molecule has 0 atom stereocenters. The highest BCUT2D eigenvalue weighted by Gasteiger charge is 2.07. The van der Waals surface area contributed by atoms with Crippen molar-refractivity contribution >= 4 is 28.8 Å². The Morgan fingerprint density at radius 2 is 2.00 bits per heavy atom. The summed E-state index contributed by atoms with van der Waals surface area (Å²) in [4.78, 5) is 4.41. The van der Waals surface area contributed by atoms with Crippen LogP contribution in [0.15, 0.2) is 41.5 Å². The molecule has 5 nitrogen and oxygen atoms in total. The number of halogens is 1. The van der Waals surface area contributed by atoms with Crippen LogP contribution in [-0.2, 0) is 0 Å². The lowest BCUT2D eigenvalue weighted by Gasteiger charge is -2.02. The summed E-state index contributed by atoms with van der Waals surface area (Å²) >= 11 is 5.82. The monoisotopic (exact) mass is 301 g/mol. The minimum absolute atomic E-state index is 0.0728. The average molecular weight is 302 g/mol. The number of aromatic hydroxyl groups is 2. The Balaban J connectivity index is 2.04. The Bertz CT molecular complexity index is 832. The standard InChI is InChI=1S/C15H12ClN3O2/c1-9-18-12-4-2-3-5-13(12)19(9)17-8-10-6-11(16)15(21)14(20)7-10/h2-8,20-21H,1H3. The van der Waals surface area contributed by atoms with Gasteiger partial charge in [0, 0.05) is 0 Å². The number of aromatic nitrogens is 2. The van der Waals surface area contributed by atoms with Gasteiger partial charge in [0.1, 0.15) is 5.82 Å². The molecule has 0 aliphatic rings. The van der Waals surface area contributed by atoms with Crippen LogP contribution < -0.4 is 0 Å². The van der Waals surface area contributed by atoms with Gasteiger partial charge in [-0.25, -0.2) is 9.66 Å². The van der Waals surface area contributed by atoms with E-state index in [4.69, 9.17) is 11.6 Å². The van der Waals surface area contributed by atoms with Crippen LogP contribution in [0, 0.1) is 6.92 Å². The van der Waals surface area contributed by atoms with E-state index in [0.29, 0.717) is 5.56 Å². The third-order valence-electron chi connectivity index (χ3n) is 3.09. The number of imidazole rings is 1. The number of hydrogen-bond donors (Lipinski definition) is 2. The molecule has 2 N–H and O–H groups in total. The lowest BCUT2D eigenvalue weighted by molar-refractivity contribution is 0.404. The quantitative estimate of drug-likeness (QED) is 0.563. The van der Waals surface area contributed by atoms with Gasteiger partial charge in [-0.05, 0) is 36.8 Å². The minimum Gasteiger partial charge on any atom is -0.504 e. The number of fused-ring (bicyclic) bond motifs is 1. The summed E-state index contributed by atoms with van der Waals surface area (Å²) in [7, 11) is 0. The molecule has 0 aliphatic heterocycles. The molecule has 0 saturated heterocycles. The number of para-hydroxylation sites is 2. The van der Waals surface area contributed by atoms with Crippen LogP contribution in [0.2, 0.25) is 5.02 Å². The first-order chi connectivity index (χ1) is 10.1. The van der Waals surface area contributed by atoms with Gasteiger partial charge < -0.3 is 10.2 Å². The van der Waals surface area contributed by atoms with Crippen LogP contribution in [0.3, 0.4) is 0 Å². The van der Waals surface area contributed by atoms with Crippen molar-refractivity contribution in [1.82, 2.24) is 9.66 Å². The van der Waals surface area contributed by atoms with E-state index >= 15 is 0 Å². The molecule has 1 heterocycles. The van der Waals surface area contributed by atoms with Gasteiger partial charge in [-0.2, -0.15) is 5.10 Å². The Morgan fingerprint density at radius 3 is 2.76 bits per heavy atom. The van der Waals surface area contributed by atoms with Crippen molar-refractivity contribution in [1.29, 1.82) is 0 Å². The van der Waals surface area contributed by atoms with Gasteiger partial charge in [-0.3, -0.25) is 0 Å². The van der Waals surface area contributed by atoms with Gasteiger partial charge in [-0.1, -0.05) is 23.7 Å². The molecule has 6 heteroatoms. The number of nitrogens with zero attached hydrogens (tertiary/aromatic N) is 3. The van der Waals surface area contributed by atoms with Crippen molar-refractivity contribution in [3.63, 3.8) is 0 Å². The van der Waals surface area contributed by atoms with Crippen LogP contribution in [0.5, 0.6) is 11.5 Å². The Morgan fingerprint density at radius 1 is 1.24 bits per heavy atom. The zero-order valence-electron chi connectivity index (χ0n) is 11.2. The average Bonchev–Trinajstić information content (AvgIpc) is 2.78. The maximum Gasteiger partial charge on any atom is 0.176 e. The molecule has 3 aromatic rings. The van der Waals surface area contributed by atoms with E-state index in [-0.39, 0.29) is 16.5 Å². The fourth-order valence-electron chi connectivity index (χ4n) is 2.08. The van der Waals surface area contributed by atoms with E-state index in [0.717, 1.165) is 16.9 Å². The van der Waals surface area contributed by atoms with Crippen molar-refractivity contribution in [3.8, 4) is 11.5 Å². The van der Waals surface area contributed by atoms with Crippen LogP contribution in [0.1, 0.15) is 11.4 Å². The maximum absolute atomic E-state index is 9.55. The molecule has 106 valence electrons. The SMILES string of the molecule is Cc1nc2ccccc2n1N=Cc1cc(O)c(O)c(Cl)c1. The van der Waals surface area contributed by atoms with E-state index in [1.807, 2.05) is 31.2 Å². The molecular formula is C15H12ClN3O2. The lowest BCUT2D eigenvalue weighted by Crippen LogP contribution is -1.93. The molecule has 0 fully saturated rings. The summed E-state index contributed by atoms with van der Waals surface area (Å²) in [5.41, 5.74) is 2.33. The third kappa shape index (κ3) is 2.43. The van der Waals surface area contributed by atoms with E-state index < -0.39 is 0 Å². The second-order valence-electron chi connectivity index (χ2n) is 4.57. The topological polar surface area (TPSA) is 70.6 Å². The summed E-state index contributed by atoms with van der Waals surface area (Å²) in [6.07, 6.45) is 1.55. The number of hydrogen-bond acceptors (Lipinski definition) is 4. The molecule has 0 spiro atoms. The van der Waals surface area contributed by atoms with Crippen molar-refractivity contribution in [3.05, 3.63) is 52.8 Å². The second kappa shape index (κ2) is 5.10. The highest BCUT2D eigenvalue weighted by atomic mass is 35.5. The number of benzene rings is 2. The number of phenolic OH excluding ortho intramolecular Hbond substituents is 2. The van der Waals surface area contributed by atoms with Gasteiger partial charge in [-0.15, -0.1) is 0 Å². The molecule has 0 aliphatic carbocycles. The fourth-order valence-corrected chi connectivity index (χ4v) is 2.31. The van der Waals surface area contributed by atoms with E-state index in [1.165, 1.54) is 12.1 Å². The van der Waals surface area contributed by atoms with Crippen LogP contribution in [0.4, 0.5) is 0 Å². The first-order valence-electron chi connectivity index (χ1n) is 6.26. The predicted molar refractivity (Wildman–Crippen MR) is 82.2 cm³/mol. The van der Waals surface area contributed by atoms with Gasteiger partial charge in [0.15, 0.2) is 11.5 Å². The van der Waals surface area contributed by atoms with Crippen molar-refractivity contribution in [2.75, 3.05) is 0 Å². The highest BCUT2D eigenvalue weighted by molar-refractivity contribution is 6.32. The number of rotatable bonds is 2. The molecule has 0 amide bonds. The van der Waals surface area contributed by atoms with Gasteiger partial charge >= 0.3 is 0 Å². The van der Waals surface area contributed by atoms with Crippen molar-refractivity contribution in [2.24, 2.45) is 5.10 Å². The van der Waals surface area contributed by atoms with Crippen LogP contribution in [-0.4, -0.2) is 26.1 Å². The molecular weight excluding hydrogens is 290 g/mol. The maximum atomic E-state index is 9.55. The molecule has 1 aromatic heterocycles. The second-order valence-corrected chi connectivity index (χ2v) is 4.98. The van der Waals surface area contributed by atoms with E-state index in [9.17, 15) is 10.2 Å². The third-order valence-corrected chi connectivity index (χ3v) is 3.37. The number of aryl methyl sites for hydroxylation is 1. The summed E-state index contributed by atoms with van der Waals surface area (Å²) in [5, 5.41) is 23.4. The predicted octanol–water partition coefficient (Wildman–Crippen LogP) is 3.29. The molecule has 3 rings (SSSR count). The van der Waals surface area contributed by atoms with Gasteiger partial charge in [0.2, 0.25) is 0 Å². The molecule has 21 heavy (non-hydrogen) atoms. The summed E-state index contributed by atoms with van der Waals surface area (Å²) in [6.45, 7) is 1.86. The Labute approximate surface area is 125 Å². The van der Waals surface area contributed by atoms with Crippen molar-refractivity contribution < 1.29 is 10.2 Å². The first kappa shape index (κ1) is 13.5. The molecule has 0 bridgehead atoms. The Kier molecular flexibility index (Phi) is 3.27. The highest BCUT2D eigenvalue weighted by Crippen LogP contribution is 2.33. The summed E-state index contributed by atoms with van der Waals surface area (Å²) in [6, 6.07) is 10.6. The minimum atomic E-state index is -0.335. The zero-order valence-corrected chi connectivity index (χ0v) is 11.9. The van der Waals surface area contributed by atoms with E-state index in [2.05, 4.69) is 10.1 Å². The summed E-state index contributed by atoms with van der Waals surface area (Å²) < 4.78 is 1.70. The molecule has 0 saturated carbocycles. The molecule has 0 radical (unpaired) electrons. The summed E-state index contributed by atoms with van der Waals surface area (Å²) in [5.74, 6) is 0.135. The Hall–Kier alpha value is -2.53. The van der Waals surface area contributed by atoms with Gasteiger partial charge in [0.25, 0.3) is 0 Å². The number of phenols is 2. The van der Waals surface area contributed by atoms with Crippen LogP contribution in [0.25, 0.3) is 11.0 Å². The molecule has 2 aromatic carbocycles. The molecule has 0 unspecified atom stereocenters. The van der Waals surface area contributed by atoms with Gasteiger partial charge in [0.05, 0.1) is 22.3 Å². The normalized spacial score (nSPS) is 11.5. The largest absolute Gasteiger partial charge is 0.504 e. The first-order valence-corrected chi connectivity index (χ1v) is 6.64.